The van der Waals surface area contributed by atoms with Gasteiger partial charge in [-0.25, -0.2) is 9.63 Å². The summed E-state index contributed by atoms with van der Waals surface area (Å²) >= 11 is 2.24. The van der Waals surface area contributed by atoms with E-state index in [1.54, 1.807) is 38.1 Å². The summed E-state index contributed by atoms with van der Waals surface area (Å²) in [5.74, 6) is 1.42. The summed E-state index contributed by atoms with van der Waals surface area (Å²) in [5.41, 5.74) is 3.10. The van der Waals surface area contributed by atoms with Crippen molar-refractivity contribution in [2.45, 2.75) is 20.0 Å². The van der Waals surface area contributed by atoms with Gasteiger partial charge in [0.1, 0.15) is 17.2 Å². The predicted molar refractivity (Wildman–Crippen MR) is 106 cm³/mol. The first kappa shape index (κ1) is 20.1. The van der Waals surface area contributed by atoms with Crippen LogP contribution in [0.5, 0.6) is 17.2 Å². The topological polar surface area (TPSA) is 66.0 Å². The van der Waals surface area contributed by atoms with Crippen molar-refractivity contribution >= 4 is 28.6 Å². The molecule has 0 aliphatic heterocycles. The number of hydrogen-bond acceptors (Lipinski definition) is 6. The van der Waals surface area contributed by atoms with Crippen LogP contribution >= 0.6 is 22.6 Å². The molecule has 26 heavy (non-hydrogen) atoms. The van der Waals surface area contributed by atoms with E-state index in [9.17, 15) is 4.79 Å². The highest BCUT2D eigenvalue weighted by Gasteiger charge is 2.16. The number of esters is 1. The molecule has 1 unspecified atom stereocenters. The highest BCUT2D eigenvalue weighted by molar-refractivity contribution is 14.1. The van der Waals surface area contributed by atoms with Crippen molar-refractivity contribution in [3.63, 3.8) is 0 Å². The average Bonchev–Trinajstić information content (AvgIpc) is 2.62. The Labute approximate surface area is 166 Å². The van der Waals surface area contributed by atoms with Crippen LogP contribution in [-0.4, -0.2) is 18.9 Å². The molecular weight excluding hydrogens is 449 g/mol. The molecule has 0 spiro atoms. The molecule has 0 saturated carbocycles. The fourth-order valence-corrected chi connectivity index (χ4v) is 2.19. The molecule has 1 N–H and O–H groups in total. The Morgan fingerprint density at radius 2 is 1.62 bits per heavy atom. The van der Waals surface area contributed by atoms with Gasteiger partial charge in [0.25, 0.3) is 0 Å². The maximum atomic E-state index is 11.8. The lowest BCUT2D eigenvalue weighted by Crippen LogP contribution is -2.28. The third kappa shape index (κ3) is 6.93. The van der Waals surface area contributed by atoms with E-state index < -0.39 is 12.1 Å². The van der Waals surface area contributed by atoms with Crippen LogP contribution in [0.15, 0.2) is 60.8 Å². The van der Waals surface area contributed by atoms with Gasteiger partial charge in [0.2, 0.25) is 6.79 Å². The molecule has 0 amide bonds. The molecule has 6 nitrogen and oxygen atoms in total. The smallest absolute Gasteiger partial charge is 0.349 e. The molecule has 0 fully saturated rings. The van der Waals surface area contributed by atoms with Gasteiger partial charge in [0.05, 0.1) is 0 Å². The number of ether oxygens (including phenoxy) is 3. The van der Waals surface area contributed by atoms with Gasteiger partial charge in [0, 0.05) is 9.27 Å². The van der Waals surface area contributed by atoms with Crippen LogP contribution in [0.4, 0.5) is 0 Å². The lowest BCUT2D eigenvalue weighted by molar-refractivity contribution is -0.168. The summed E-state index contributed by atoms with van der Waals surface area (Å²) in [7, 11) is 0. The number of rotatable bonds is 9. The Kier molecular flexibility index (Phi) is 7.73. The molecule has 2 rings (SSSR count). The summed E-state index contributed by atoms with van der Waals surface area (Å²) in [5, 5.41) is 0. The minimum atomic E-state index is -0.772. The summed E-state index contributed by atoms with van der Waals surface area (Å²) < 4.78 is 17.4. The quantitative estimate of drug-likeness (QED) is 0.193. The minimum absolute atomic E-state index is 0.234. The van der Waals surface area contributed by atoms with E-state index in [4.69, 9.17) is 19.0 Å². The molecule has 0 heterocycles. The first-order chi connectivity index (χ1) is 12.4. The van der Waals surface area contributed by atoms with E-state index in [1.807, 2.05) is 24.3 Å². The third-order valence-corrected chi connectivity index (χ3v) is 3.74. The second-order valence-electron chi connectivity index (χ2n) is 5.40. The molecule has 1 atom stereocenters. The van der Waals surface area contributed by atoms with Gasteiger partial charge in [-0.15, -0.1) is 0 Å². The van der Waals surface area contributed by atoms with E-state index >= 15 is 0 Å². The van der Waals surface area contributed by atoms with Gasteiger partial charge in [-0.2, -0.15) is 0 Å². The Balaban J connectivity index is 1.81. The summed E-state index contributed by atoms with van der Waals surface area (Å²) in [6, 6.07) is 14.7. The average molecular weight is 469 g/mol. The van der Waals surface area contributed by atoms with Gasteiger partial charge in [-0.1, -0.05) is 6.58 Å². The molecule has 0 radical (unpaired) electrons. The molecular formula is C19H20INO5. The van der Waals surface area contributed by atoms with Gasteiger partial charge in [0.15, 0.2) is 6.10 Å². The van der Waals surface area contributed by atoms with Crippen molar-refractivity contribution in [1.29, 1.82) is 0 Å². The number of benzene rings is 2. The number of nitrogens with one attached hydrogen (secondary N) is 1. The zero-order chi connectivity index (χ0) is 18.9. The third-order valence-electron chi connectivity index (χ3n) is 3.02. The molecule has 138 valence electrons. The first-order valence-corrected chi connectivity index (χ1v) is 8.92. The van der Waals surface area contributed by atoms with Gasteiger partial charge >= 0.3 is 5.97 Å². The van der Waals surface area contributed by atoms with Crippen LogP contribution in [0, 0.1) is 3.57 Å². The second kappa shape index (κ2) is 10.0. The maximum absolute atomic E-state index is 11.8. The number of carbonyl (C=O) groups excluding carboxylic acids is 1. The van der Waals surface area contributed by atoms with Crippen LogP contribution in [0.2, 0.25) is 0 Å². The van der Waals surface area contributed by atoms with E-state index in [2.05, 4.69) is 34.6 Å². The lowest BCUT2D eigenvalue weighted by Gasteiger charge is -2.14. The number of hydroxylamine groups is 1. The molecule has 2 aromatic carbocycles. The van der Waals surface area contributed by atoms with Gasteiger partial charge < -0.3 is 14.2 Å². The number of carbonyl (C=O) groups is 1. The molecule has 2 aromatic rings. The summed E-state index contributed by atoms with van der Waals surface area (Å²) in [6.07, 6.45) is -0.772. The second-order valence-corrected chi connectivity index (χ2v) is 6.64. The molecule has 0 aliphatic rings. The van der Waals surface area contributed by atoms with Crippen molar-refractivity contribution in [2.75, 3.05) is 6.79 Å². The lowest BCUT2D eigenvalue weighted by atomic mass is 10.3. The largest absolute Gasteiger partial charge is 0.479 e. The molecule has 0 aromatic heterocycles. The first-order valence-electron chi connectivity index (χ1n) is 7.84. The van der Waals surface area contributed by atoms with E-state index in [0.717, 1.165) is 9.32 Å². The van der Waals surface area contributed by atoms with Crippen molar-refractivity contribution in [1.82, 2.24) is 5.48 Å². The van der Waals surface area contributed by atoms with Crippen LogP contribution < -0.4 is 15.0 Å². The number of allylic oxidation sites excluding steroid dienone is 1. The van der Waals surface area contributed by atoms with E-state index in [-0.39, 0.29) is 6.79 Å². The summed E-state index contributed by atoms with van der Waals surface area (Å²) in [4.78, 5) is 16.7. The fraction of sp³-hybridized carbons (Fsp3) is 0.211. The standard InChI is InChI=1S/C19H20INO5/c1-13(2)21-24-12-23-19(22)14(3)25-16-8-10-18(11-9-16)26-17-6-4-15(20)5-7-17/h4-11,14,21H,1,12H2,2-3H3. The normalized spacial score (nSPS) is 11.3. The fourth-order valence-electron chi connectivity index (χ4n) is 1.83. The molecule has 7 heteroatoms. The molecule has 0 aliphatic carbocycles. The Hall–Kier alpha value is -2.26. The molecule has 0 saturated heterocycles. The van der Waals surface area contributed by atoms with E-state index in [0.29, 0.717) is 17.2 Å². The van der Waals surface area contributed by atoms with E-state index in [1.165, 1.54) is 0 Å². The van der Waals surface area contributed by atoms with Crippen molar-refractivity contribution in [2.24, 2.45) is 0 Å². The SMILES string of the molecule is C=C(C)NOCOC(=O)C(C)Oc1ccc(Oc2ccc(I)cc2)cc1. The minimum Gasteiger partial charge on any atom is -0.479 e. The van der Waals surface area contributed by atoms with Crippen LogP contribution in [0.25, 0.3) is 0 Å². The predicted octanol–water partition coefficient (Wildman–Crippen LogP) is 4.41. The number of halogens is 1. The number of hydrogen-bond donors (Lipinski definition) is 1. The zero-order valence-electron chi connectivity index (χ0n) is 14.5. The Morgan fingerprint density at radius 1 is 1.08 bits per heavy atom. The van der Waals surface area contributed by atoms with Gasteiger partial charge in [-0.3, -0.25) is 5.48 Å². The van der Waals surface area contributed by atoms with Crippen molar-refractivity contribution in [3.8, 4) is 17.2 Å². The highest BCUT2D eigenvalue weighted by atomic mass is 127. The highest BCUT2D eigenvalue weighted by Crippen LogP contribution is 2.24. The monoisotopic (exact) mass is 469 g/mol. The molecule has 0 bridgehead atoms. The van der Waals surface area contributed by atoms with Crippen LogP contribution in [0.3, 0.4) is 0 Å². The van der Waals surface area contributed by atoms with Crippen molar-refractivity contribution < 1.29 is 23.8 Å². The van der Waals surface area contributed by atoms with Crippen molar-refractivity contribution in [3.05, 3.63) is 64.4 Å². The van der Waals surface area contributed by atoms with Crippen LogP contribution in [0.1, 0.15) is 13.8 Å². The van der Waals surface area contributed by atoms with Crippen LogP contribution in [-0.2, 0) is 14.4 Å². The maximum Gasteiger partial charge on any atom is 0.349 e. The van der Waals surface area contributed by atoms with Gasteiger partial charge in [-0.05, 0) is 85.0 Å². The summed E-state index contributed by atoms with van der Waals surface area (Å²) in [6.45, 7) is 6.68. The zero-order valence-corrected chi connectivity index (χ0v) is 16.7. The Bertz CT molecular complexity index is 731. The Morgan fingerprint density at radius 3 is 2.19 bits per heavy atom.